The van der Waals surface area contributed by atoms with Gasteiger partial charge in [-0.3, -0.25) is 15.0 Å². The molecule has 4 nitrogen and oxygen atoms in total. The molecule has 142 valence electrons. The average Bonchev–Trinajstić information content (AvgIpc) is 2.73. The molecule has 0 aliphatic rings. The van der Waals surface area contributed by atoms with E-state index in [0.29, 0.717) is 6.42 Å². The molecule has 0 aromatic heterocycles. The highest BCUT2D eigenvalue weighted by molar-refractivity contribution is 5.21. The first kappa shape index (κ1) is 19.5. The lowest BCUT2D eigenvalue weighted by Crippen LogP contribution is -2.35. The van der Waals surface area contributed by atoms with Crippen LogP contribution in [-0.4, -0.2) is 15.9 Å². The molecule has 28 heavy (non-hydrogen) atoms. The first-order chi connectivity index (χ1) is 13.7. The van der Waals surface area contributed by atoms with Crippen LogP contribution in [-0.2, 0) is 19.5 Å². The van der Waals surface area contributed by atoms with Crippen LogP contribution in [0.1, 0.15) is 16.7 Å². The Bertz CT molecular complexity index is 839. The van der Waals surface area contributed by atoms with Gasteiger partial charge in [-0.1, -0.05) is 91.0 Å². The van der Waals surface area contributed by atoms with Crippen molar-refractivity contribution in [1.29, 1.82) is 0 Å². The predicted molar refractivity (Wildman–Crippen MR) is 112 cm³/mol. The summed E-state index contributed by atoms with van der Waals surface area (Å²) in [7, 11) is 0. The van der Waals surface area contributed by atoms with Crippen molar-refractivity contribution in [3.05, 3.63) is 130 Å². The number of benzene rings is 3. The molecule has 0 aliphatic heterocycles. The maximum absolute atomic E-state index is 11.0. The Hall–Kier alpha value is -3.24. The van der Waals surface area contributed by atoms with Crippen LogP contribution in [0.5, 0.6) is 0 Å². The minimum absolute atomic E-state index is 0.0896. The van der Waals surface area contributed by atoms with Crippen LogP contribution in [0, 0.1) is 10.1 Å². The van der Waals surface area contributed by atoms with Gasteiger partial charge in [0, 0.05) is 25.2 Å². The van der Waals surface area contributed by atoms with E-state index in [1.807, 2.05) is 54.6 Å². The molecule has 0 bridgehead atoms. The van der Waals surface area contributed by atoms with Crippen LogP contribution in [0.15, 0.2) is 103 Å². The maximum atomic E-state index is 11.0. The van der Waals surface area contributed by atoms with Crippen molar-refractivity contribution in [1.82, 2.24) is 4.90 Å². The second kappa shape index (κ2) is 10.2. The lowest BCUT2D eigenvalue weighted by Gasteiger charge is -2.30. The van der Waals surface area contributed by atoms with Gasteiger partial charge in [0.1, 0.15) is 0 Å². The zero-order valence-corrected chi connectivity index (χ0v) is 15.7. The Morgan fingerprint density at radius 2 is 1.18 bits per heavy atom. The van der Waals surface area contributed by atoms with E-state index in [4.69, 9.17) is 0 Å². The Morgan fingerprint density at radius 1 is 0.750 bits per heavy atom. The van der Waals surface area contributed by atoms with Crippen molar-refractivity contribution in [2.24, 2.45) is 0 Å². The highest BCUT2D eigenvalue weighted by Gasteiger charge is 2.19. The summed E-state index contributed by atoms with van der Waals surface area (Å²) in [5, 5.41) is 11.0. The number of nitrogens with zero attached hydrogens (tertiary/aromatic N) is 2. The molecule has 3 aromatic rings. The van der Waals surface area contributed by atoms with E-state index in [9.17, 15) is 10.1 Å². The van der Waals surface area contributed by atoms with Crippen LogP contribution >= 0.6 is 0 Å². The van der Waals surface area contributed by atoms with Crippen molar-refractivity contribution >= 4 is 0 Å². The van der Waals surface area contributed by atoms with Crippen LogP contribution in [0.3, 0.4) is 0 Å². The van der Waals surface area contributed by atoms with Crippen LogP contribution in [0.4, 0.5) is 0 Å². The summed E-state index contributed by atoms with van der Waals surface area (Å²) in [6.45, 7) is 1.44. The maximum Gasteiger partial charge on any atom is 0.232 e. The van der Waals surface area contributed by atoms with Gasteiger partial charge in [-0.2, -0.15) is 0 Å². The minimum Gasteiger partial charge on any atom is -0.288 e. The van der Waals surface area contributed by atoms with E-state index in [0.717, 1.165) is 24.9 Å². The zero-order valence-electron chi connectivity index (χ0n) is 15.7. The van der Waals surface area contributed by atoms with Gasteiger partial charge in [0.2, 0.25) is 6.20 Å². The van der Waals surface area contributed by atoms with E-state index in [-0.39, 0.29) is 11.0 Å². The first-order valence-electron chi connectivity index (χ1n) is 9.38. The molecule has 0 spiro atoms. The summed E-state index contributed by atoms with van der Waals surface area (Å²) in [5.41, 5.74) is 3.53. The fourth-order valence-electron chi connectivity index (χ4n) is 3.27. The van der Waals surface area contributed by atoms with Crippen molar-refractivity contribution in [2.75, 3.05) is 0 Å². The van der Waals surface area contributed by atoms with Gasteiger partial charge in [0.25, 0.3) is 0 Å². The molecule has 0 amide bonds. The van der Waals surface area contributed by atoms with Gasteiger partial charge in [0.05, 0.1) is 4.92 Å². The van der Waals surface area contributed by atoms with Crippen LogP contribution in [0.25, 0.3) is 0 Å². The Kier molecular flexibility index (Phi) is 7.10. The number of hydrogen-bond donors (Lipinski definition) is 0. The Labute approximate surface area is 165 Å². The van der Waals surface area contributed by atoms with E-state index in [2.05, 4.69) is 41.3 Å². The minimum atomic E-state index is -0.388. The number of rotatable bonds is 9. The molecule has 3 rings (SSSR count). The highest BCUT2D eigenvalue weighted by atomic mass is 16.6. The van der Waals surface area contributed by atoms with Crippen molar-refractivity contribution < 1.29 is 4.92 Å². The Balaban J connectivity index is 1.90. The molecule has 4 heteroatoms. The molecule has 0 N–H and O–H groups in total. The second-order valence-corrected chi connectivity index (χ2v) is 6.76. The second-order valence-electron chi connectivity index (χ2n) is 6.76. The normalized spacial score (nSPS) is 12.3. The van der Waals surface area contributed by atoms with E-state index < -0.39 is 0 Å². The van der Waals surface area contributed by atoms with Gasteiger partial charge in [-0.15, -0.1) is 0 Å². The third-order valence-electron chi connectivity index (χ3n) is 4.64. The van der Waals surface area contributed by atoms with Gasteiger partial charge >= 0.3 is 0 Å². The number of nitro groups is 1. The van der Waals surface area contributed by atoms with Crippen molar-refractivity contribution in [3.8, 4) is 0 Å². The molecular weight excluding hydrogens is 348 g/mol. The molecule has 0 saturated carbocycles. The van der Waals surface area contributed by atoms with Crippen LogP contribution < -0.4 is 0 Å². The quantitative estimate of drug-likeness (QED) is 0.388. The summed E-state index contributed by atoms with van der Waals surface area (Å²) in [4.78, 5) is 12.9. The standard InChI is InChI=1S/C24H24N2O2/c27-26(28)17-16-24(18-21-10-4-1-5-11-21)25(19-22-12-6-2-7-13-22)20-23-14-8-3-9-15-23/h1-17,24H,18-20H2/b17-16+/t24-/m1/s1. The van der Waals surface area contributed by atoms with Gasteiger partial charge in [0.15, 0.2) is 0 Å². The lowest BCUT2D eigenvalue weighted by atomic mass is 10.0. The van der Waals surface area contributed by atoms with E-state index >= 15 is 0 Å². The third-order valence-corrected chi connectivity index (χ3v) is 4.64. The van der Waals surface area contributed by atoms with Gasteiger partial charge in [-0.05, 0) is 23.1 Å². The fraction of sp³-hybridized carbons (Fsp3) is 0.167. The molecule has 0 radical (unpaired) electrons. The van der Waals surface area contributed by atoms with Crippen molar-refractivity contribution in [2.45, 2.75) is 25.6 Å². The lowest BCUT2D eigenvalue weighted by molar-refractivity contribution is -0.402. The predicted octanol–water partition coefficient (Wildman–Crippen LogP) is 5.09. The summed E-state index contributed by atoms with van der Waals surface area (Å²) >= 11 is 0. The molecule has 0 saturated heterocycles. The first-order valence-corrected chi connectivity index (χ1v) is 9.38. The fourth-order valence-corrected chi connectivity index (χ4v) is 3.27. The molecule has 1 atom stereocenters. The summed E-state index contributed by atoms with van der Waals surface area (Å²) in [6.07, 6.45) is 3.49. The van der Waals surface area contributed by atoms with Gasteiger partial charge in [-0.25, -0.2) is 0 Å². The topological polar surface area (TPSA) is 46.4 Å². The van der Waals surface area contributed by atoms with Crippen molar-refractivity contribution in [3.63, 3.8) is 0 Å². The van der Waals surface area contributed by atoms with E-state index in [1.165, 1.54) is 11.1 Å². The summed E-state index contributed by atoms with van der Waals surface area (Å²) in [6, 6.07) is 30.5. The highest BCUT2D eigenvalue weighted by Crippen LogP contribution is 2.18. The molecule has 0 heterocycles. The smallest absolute Gasteiger partial charge is 0.232 e. The summed E-state index contributed by atoms with van der Waals surface area (Å²) < 4.78 is 0. The monoisotopic (exact) mass is 372 g/mol. The largest absolute Gasteiger partial charge is 0.288 e. The molecule has 3 aromatic carbocycles. The SMILES string of the molecule is O=[N+]([O-])/C=C/[C@H](Cc1ccccc1)N(Cc1ccccc1)Cc1ccccc1. The van der Waals surface area contributed by atoms with Gasteiger partial charge < -0.3 is 0 Å². The average molecular weight is 372 g/mol. The molecule has 0 aliphatic carbocycles. The Morgan fingerprint density at radius 3 is 1.61 bits per heavy atom. The summed E-state index contributed by atoms with van der Waals surface area (Å²) in [5.74, 6) is 0. The molecule has 0 unspecified atom stereocenters. The zero-order chi connectivity index (χ0) is 19.6. The van der Waals surface area contributed by atoms with E-state index in [1.54, 1.807) is 6.08 Å². The molecular formula is C24H24N2O2. The third kappa shape index (κ3) is 6.18. The van der Waals surface area contributed by atoms with Crippen LogP contribution in [0.2, 0.25) is 0 Å². The number of hydrogen-bond acceptors (Lipinski definition) is 3. The molecule has 0 fully saturated rings.